The van der Waals surface area contributed by atoms with E-state index in [1.165, 1.54) is 12.8 Å². The second-order valence-electron chi connectivity index (χ2n) is 3.86. The second-order valence-corrected chi connectivity index (χ2v) is 3.86. The molecule has 0 saturated heterocycles. The second kappa shape index (κ2) is 4.44. The van der Waals surface area contributed by atoms with Crippen molar-refractivity contribution in [1.29, 1.82) is 0 Å². The summed E-state index contributed by atoms with van der Waals surface area (Å²) < 4.78 is 5.39. The zero-order valence-corrected chi connectivity index (χ0v) is 8.89. The molecule has 2 rings (SSSR count). The molecule has 5 nitrogen and oxygen atoms in total. The lowest BCUT2D eigenvalue weighted by Gasteiger charge is -2.14. The van der Waals surface area contributed by atoms with Crippen LogP contribution in [-0.2, 0) is 0 Å². The molecule has 0 radical (unpaired) electrons. The Kier molecular flexibility index (Phi) is 3.01. The predicted molar refractivity (Wildman–Crippen MR) is 57.6 cm³/mol. The summed E-state index contributed by atoms with van der Waals surface area (Å²) in [5.41, 5.74) is 6.02. The number of rotatable bonds is 5. The maximum absolute atomic E-state index is 5.46. The van der Waals surface area contributed by atoms with Crippen molar-refractivity contribution < 1.29 is 4.74 Å². The average Bonchev–Trinajstić information content (AvgIpc) is 3.04. The van der Waals surface area contributed by atoms with Gasteiger partial charge in [0, 0.05) is 12.6 Å². The zero-order chi connectivity index (χ0) is 10.7. The fourth-order valence-corrected chi connectivity index (χ4v) is 1.38. The summed E-state index contributed by atoms with van der Waals surface area (Å²) in [6, 6.07) is 1.16. The van der Waals surface area contributed by atoms with E-state index in [9.17, 15) is 0 Å². The highest BCUT2D eigenvalue weighted by Crippen LogP contribution is 2.24. The van der Waals surface area contributed by atoms with Crippen LogP contribution in [0.4, 0.5) is 5.69 Å². The molecule has 1 aromatic rings. The lowest BCUT2D eigenvalue weighted by Crippen LogP contribution is -2.26. The maximum atomic E-state index is 5.46. The van der Waals surface area contributed by atoms with Gasteiger partial charge in [0.1, 0.15) is 6.61 Å². The van der Waals surface area contributed by atoms with Crippen LogP contribution in [0.1, 0.15) is 12.8 Å². The number of likely N-dealkylation sites (N-methyl/N-ethyl adjacent to an activating group) is 1. The number of nitrogens with two attached hydrogens (primary N) is 1. The fraction of sp³-hybridized carbons (Fsp3) is 0.600. The van der Waals surface area contributed by atoms with E-state index in [1.54, 1.807) is 12.4 Å². The molecule has 0 aromatic carbocycles. The van der Waals surface area contributed by atoms with Gasteiger partial charge in [-0.1, -0.05) is 0 Å². The lowest BCUT2D eigenvalue weighted by atomic mass is 10.5. The molecular weight excluding hydrogens is 192 g/mol. The van der Waals surface area contributed by atoms with E-state index in [1.807, 2.05) is 0 Å². The number of hydrogen-bond donors (Lipinski definition) is 1. The lowest BCUT2D eigenvalue weighted by molar-refractivity contribution is 0.220. The molecule has 0 atom stereocenters. The van der Waals surface area contributed by atoms with Crippen molar-refractivity contribution in [2.45, 2.75) is 18.9 Å². The third-order valence-corrected chi connectivity index (χ3v) is 2.49. The van der Waals surface area contributed by atoms with Crippen molar-refractivity contribution in [3.63, 3.8) is 0 Å². The highest BCUT2D eigenvalue weighted by Gasteiger charge is 2.25. The monoisotopic (exact) mass is 208 g/mol. The van der Waals surface area contributed by atoms with E-state index in [4.69, 9.17) is 10.5 Å². The van der Waals surface area contributed by atoms with Crippen molar-refractivity contribution in [3.8, 4) is 6.01 Å². The van der Waals surface area contributed by atoms with Gasteiger partial charge >= 0.3 is 6.01 Å². The smallest absolute Gasteiger partial charge is 0.316 e. The van der Waals surface area contributed by atoms with Crippen LogP contribution in [0.25, 0.3) is 0 Å². The maximum Gasteiger partial charge on any atom is 0.316 e. The fourth-order valence-electron chi connectivity index (χ4n) is 1.38. The molecule has 0 unspecified atom stereocenters. The molecule has 0 aliphatic heterocycles. The van der Waals surface area contributed by atoms with Gasteiger partial charge in [-0.15, -0.1) is 0 Å². The van der Waals surface area contributed by atoms with Crippen LogP contribution in [-0.4, -0.2) is 41.1 Å². The Bertz CT molecular complexity index is 310. The first-order valence-corrected chi connectivity index (χ1v) is 5.16. The zero-order valence-electron chi connectivity index (χ0n) is 8.89. The van der Waals surface area contributed by atoms with Gasteiger partial charge in [-0.3, -0.25) is 0 Å². The molecular formula is C10H16N4O. The molecule has 5 heteroatoms. The van der Waals surface area contributed by atoms with Crippen LogP contribution in [0.15, 0.2) is 12.4 Å². The number of nitrogens with zero attached hydrogens (tertiary/aromatic N) is 3. The van der Waals surface area contributed by atoms with Crippen LogP contribution in [0.3, 0.4) is 0 Å². The summed E-state index contributed by atoms with van der Waals surface area (Å²) in [5, 5.41) is 0. The highest BCUT2D eigenvalue weighted by molar-refractivity contribution is 5.30. The van der Waals surface area contributed by atoms with E-state index in [2.05, 4.69) is 21.9 Å². The Morgan fingerprint density at radius 1 is 1.47 bits per heavy atom. The standard InChI is InChI=1S/C10H16N4O/c1-14(9-2-3-9)4-5-15-10-12-6-8(11)7-13-10/h6-7,9H,2-5,11H2,1H3. The summed E-state index contributed by atoms with van der Waals surface area (Å²) >= 11 is 0. The van der Waals surface area contributed by atoms with Crippen molar-refractivity contribution >= 4 is 5.69 Å². The topological polar surface area (TPSA) is 64.3 Å². The molecule has 15 heavy (non-hydrogen) atoms. The Morgan fingerprint density at radius 2 is 2.13 bits per heavy atom. The average molecular weight is 208 g/mol. The number of anilines is 1. The summed E-state index contributed by atoms with van der Waals surface area (Å²) in [6.07, 6.45) is 5.73. The summed E-state index contributed by atoms with van der Waals surface area (Å²) in [4.78, 5) is 10.2. The molecule has 1 fully saturated rings. The van der Waals surface area contributed by atoms with Gasteiger partial charge in [-0.05, 0) is 19.9 Å². The van der Waals surface area contributed by atoms with Crippen molar-refractivity contribution in [2.24, 2.45) is 0 Å². The molecule has 1 aromatic heterocycles. The van der Waals surface area contributed by atoms with Crippen molar-refractivity contribution in [1.82, 2.24) is 14.9 Å². The van der Waals surface area contributed by atoms with Gasteiger partial charge in [0.2, 0.25) is 0 Å². The van der Waals surface area contributed by atoms with Crippen molar-refractivity contribution in [2.75, 3.05) is 25.9 Å². The van der Waals surface area contributed by atoms with Crippen LogP contribution >= 0.6 is 0 Å². The predicted octanol–water partition coefficient (Wildman–Crippen LogP) is 0.532. The minimum Gasteiger partial charge on any atom is -0.462 e. The van der Waals surface area contributed by atoms with Crippen LogP contribution in [0.5, 0.6) is 6.01 Å². The molecule has 82 valence electrons. The molecule has 1 heterocycles. The van der Waals surface area contributed by atoms with Gasteiger partial charge < -0.3 is 15.4 Å². The van der Waals surface area contributed by atoms with Gasteiger partial charge in [-0.25, -0.2) is 9.97 Å². The molecule has 0 bridgehead atoms. The number of nitrogen functional groups attached to an aromatic ring is 1. The quantitative estimate of drug-likeness (QED) is 0.764. The SMILES string of the molecule is CN(CCOc1ncc(N)cn1)C1CC1. The molecule has 2 N–H and O–H groups in total. The Labute approximate surface area is 89.3 Å². The molecule has 1 saturated carbocycles. The molecule has 0 spiro atoms. The van der Waals surface area contributed by atoms with Gasteiger partial charge in [0.05, 0.1) is 18.1 Å². The molecule has 1 aliphatic carbocycles. The first-order chi connectivity index (χ1) is 7.25. The Morgan fingerprint density at radius 3 is 2.73 bits per heavy atom. The third kappa shape index (κ3) is 3.06. The van der Waals surface area contributed by atoms with E-state index in [0.717, 1.165) is 12.6 Å². The first kappa shape index (κ1) is 10.2. The van der Waals surface area contributed by atoms with E-state index in [0.29, 0.717) is 18.3 Å². The summed E-state index contributed by atoms with van der Waals surface area (Å²) in [7, 11) is 2.12. The largest absolute Gasteiger partial charge is 0.462 e. The minimum absolute atomic E-state index is 0.397. The van der Waals surface area contributed by atoms with Crippen LogP contribution in [0, 0.1) is 0 Å². The van der Waals surface area contributed by atoms with Gasteiger partial charge in [0.25, 0.3) is 0 Å². The molecule has 0 amide bonds. The Balaban J connectivity index is 1.70. The van der Waals surface area contributed by atoms with Crippen LogP contribution in [0.2, 0.25) is 0 Å². The number of aromatic nitrogens is 2. The summed E-state index contributed by atoms with van der Waals surface area (Å²) in [5.74, 6) is 0. The molecule has 1 aliphatic rings. The minimum atomic E-state index is 0.397. The van der Waals surface area contributed by atoms with E-state index < -0.39 is 0 Å². The van der Waals surface area contributed by atoms with Gasteiger partial charge in [0.15, 0.2) is 0 Å². The van der Waals surface area contributed by atoms with E-state index in [-0.39, 0.29) is 0 Å². The first-order valence-electron chi connectivity index (χ1n) is 5.16. The number of ether oxygens (including phenoxy) is 1. The third-order valence-electron chi connectivity index (χ3n) is 2.49. The van der Waals surface area contributed by atoms with Gasteiger partial charge in [-0.2, -0.15) is 0 Å². The van der Waals surface area contributed by atoms with E-state index >= 15 is 0 Å². The van der Waals surface area contributed by atoms with Crippen LogP contribution < -0.4 is 10.5 Å². The van der Waals surface area contributed by atoms with Crippen molar-refractivity contribution in [3.05, 3.63) is 12.4 Å². The Hall–Kier alpha value is -1.36. The normalized spacial score (nSPS) is 15.6. The number of hydrogen-bond acceptors (Lipinski definition) is 5. The summed E-state index contributed by atoms with van der Waals surface area (Å²) in [6.45, 7) is 1.54. The highest BCUT2D eigenvalue weighted by atomic mass is 16.5.